The predicted octanol–water partition coefficient (Wildman–Crippen LogP) is 5.18. The van der Waals surface area contributed by atoms with Gasteiger partial charge in [-0.15, -0.1) is 0 Å². The fourth-order valence-corrected chi connectivity index (χ4v) is 3.40. The lowest BCUT2D eigenvalue weighted by atomic mass is 9.92. The van der Waals surface area contributed by atoms with E-state index in [1.165, 1.54) is 18.1 Å². The van der Waals surface area contributed by atoms with Gasteiger partial charge in [-0.05, 0) is 57.5 Å². The minimum Gasteiger partial charge on any atom is -0.496 e. The normalized spacial score (nSPS) is 16.1. The number of aliphatic hydroxyl groups is 1. The molecule has 3 rings (SSSR count). The summed E-state index contributed by atoms with van der Waals surface area (Å²) in [5, 5.41) is 10.7. The molecule has 6 nitrogen and oxygen atoms in total. The van der Waals surface area contributed by atoms with E-state index in [0.29, 0.717) is 30.0 Å². The van der Waals surface area contributed by atoms with E-state index >= 15 is 0 Å². The number of likely N-dealkylation sites (tertiary alicyclic amines) is 1. The van der Waals surface area contributed by atoms with Crippen LogP contribution in [0.2, 0.25) is 0 Å². The van der Waals surface area contributed by atoms with Crippen LogP contribution in [0.3, 0.4) is 0 Å². The lowest BCUT2D eigenvalue weighted by Crippen LogP contribution is -2.53. The lowest BCUT2D eigenvalue weighted by molar-refractivity contribution is -0.137. The molecule has 1 aromatic carbocycles. The summed E-state index contributed by atoms with van der Waals surface area (Å²) in [5.74, 6) is 0.389. The van der Waals surface area contributed by atoms with Crippen LogP contribution in [-0.2, 0) is 10.9 Å². The highest BCUT2D eigenvalue weighted by Crippen LogP contribution is 2.41. The molecule has 0 saturated carbocycles. The van der Waals surface area contributed by atoms with Crippen molar-refractivity contribution in [1.29, 1.82) is 0 Å². The first kappa shape index (κ1) is 23.0. The van der Waals surface area contributed by atoms with Crippen LogP contribution in [0.4, 0.5) is 18.0 Å². The molecule has 1 aromatic heterocycles. The molecule has 1 amide bonds. The van der Waals surface area contributed by atoms with Crippen LogP contribution in [-0.4, -0.2) is 41.9 Å². The van der Waals surface area contributed by atoms with Crippen molar-refractivity contribution in [2.45, 2.75) is 45.6 Å². The number of furan rings is 1. The van der Waals surface area contributed by atoms with Gasteiger partial charge in [-0.2, -0.15) is 13.2 Å². The molecule has 2 heterocycles. The molecule has 31 heavy (non-hydrogen) atoms. The van der Waals surface area contributed by atoms with Gasteiger partial charge in [-0.25, -0.2) is 4.79 Å². The average Bonchev–Trinajstić information content (AvgIpc) is 2.99. The number of amides is 1. The topological polar surface area (TPSA) is 72.1 Å². The van der Waals surface area contributed by atoms with E-state index in [1.807, 2.05) is 0 Å². The largest absolute Gasteiger partial charge is 0.496 e. The maximum absolute atomic E-state index is 13.0. The number of nitrogens with zero attached hydrogens (tertiary/aromatic N) is 1. The van der Waals surface area contributed by atoms with Crippen molar-refractivity contribution in [1.82, 2.24) is 4.90 Å². The van der Waals surface area contributed by atoms with Gasteiger partial charge in [0.1, 0.15) is 29.0 Å². The quantitative estimate of drug-likeness (QED) is 0.708. The average molecular weight is 441 g/mol. The molecule has 1 atom stereocenters. The first-order valence-corrected chi connectivity index (χ1v) is 9.82. The Balaban J connectivity index is 1.76. The molecule has 1 N–H and O–H groups in total. The van der Waals surface area contributed by atoms with Crippen molar-refractivity contribution in [3.8, 4) is 17.1 Å². The van der Waals surface area contributed by atoms with Crippen molar-refractivity contribution in [2.24, 2.45) is 5.92 Å². The molecule has 0 bridgehead atoms. The van der Waals surface area contributed by atoms with Gasteiger partial charge < -0.3 is 23.9 Å². The molecule has 0 aliphatic carbocycles. The number of aryl methyl sites for hydroxylation is 1. The van der Waals surface area contributed by atoms with Crippen LogP contribution >= 0.6 is 0 Å². The number of alkyl halides is 3. The zero-order valence-corrected chi connectivity index (χ0v) is 18.0. The van der Waals surface area contributed by atoms with E-state index in [1.54, 1.807) is 33.8 Å². The number of ether oxygens (including phenoxy) is 2. The number of benzene rings is 1. The van der Waals surface area contributed by atoms with Crippen LogP contribution in [0.15, 0.2) is 28.7 Å². The summed E-state index contributed by atoms with van der Waals surface area (Å²) in [7, 11) is 1.28. The van der Waals surface area contributed by atoms with Crippen LogP contribution in [0, 0.1) is 12.8 Å². The monoisotopic (exact) mass is 441 g/mol. The Hall–Kier alpha value is -2.68. The molecule has 1 fully saturated rings. The molecule has 1 aliphatic rings. The first-order valence-electron chi connectivity index (χ1n) is 9.82. The van der Waals surface area contributed by atoms with Crippen molar-refractivity contribution in [2.75, 3.05) is 20.2 Å². The molecule has 170 valence electrons. The van der Waals surface area contributed by atoms with Gasteiger partial charge in [0.25, 0.3) is 0 Å². The number of methoxy groups -OCH3 is 1. The van der Waals surface area contributed by atoms with Crippen molar-refractivity contribution < 1.29 is 37.0 Å². The van der Waals surface area contributed by atoms with Crippen LogP contribution in [0.25, 0.3) is 11.3 Å². The van der Waals surface area contributed by atoms with E-state index in [-0.39, 0.29) is 17.4 Å². The second-order valence-corrected chi connectivity index (χ2v) is 8.66. The summed E-state index contributed by atoms with van der Waals surface area (Å²) in [6.07, 6.45) is -5.90. The third-order valence-electron chi connectivity index (χ3n) is 5.01. The maximum Gasteiger partial charge on any atom is 0.416 e. The summed E-state index contributed by atoms with van der Waals surface area (Å²) >= 11 is 0. The molecular weight excluding hydrogens is 415 g/mol. The molecule has 9 heteroatoms. The second-order valence-electron chi connectivity index (χ2n) is 8.66. The van der Waals surface area contributed by atoms with E-state index in [4.69, 9.17) is 13.9 Å². The highest BCUT2D eigenvalue weighted by Gasteiger charge is 2.39. The van der Waals surface area contributed by atoms with Gasteiger partial charge in [-0.1, -0.05) is 0 Å². The Kier molecular flexibility index (Phi) is 6.01. The molecule has 1 aliphatic heterocycles. The van der Waals surface area contributed by atoms with Gasteiger partial charge in [0, 0.05) is 19.0 Å². The van der Waals surface area contributed by atoms with Crippen LogP contribution in [0.5, 0.6) is 5.75 Å². The second kappa shape index (κ2) is 8.11. The minimum atomic E-state index is -4.49. The molecule has 1 saturated heterocycles. The summed E-state index contributed by atoms with van der Waals surface area (Å²) in [5.41, 5.74) is -0.422. The minimum absolute atomic E-state index is 0.0214. The lowest BCUT2D eigenvalue weighted by Gasteiger charge is -2.41. The van der Waals surface area contributed by atoms with E-state index in [9.17, 15) is 23.1 Å². The Morgan fingerprint density at radius 1 is 1.23 bits per heavy atom. The number of aliphatic hydroxyl groups excluding tert-OH is 1. The summed E-state index contributed by atoms with van der Waals surface area (Å²) < 4.78 is 55.2. The molecule has 0 radical (unpaired) electrons. The van der Waals surface area contributed by atoms with Gasteiger partial charge in [-0.3, -0.25) is 0 Å². The Morgan fingerprint density at radius 3 is 2.42 bits per heavy atom. The number of rotatable bonds is 4. The predicted molar refractivity (Wildman–Crippen MR) is 107 cm³/mol. The fraction of sp³-hybridized carbons (Fsp3) is 0.500. The van der Waals surface area contributed by atoms with E-state index < -0.39 is 29.5 Å². The number of halogens is 3. The highest BCUT2D eigenvalue weighted by molar-refractivity contribution is 5.70. The maximum atomic E-state index is 13.0. The van der Waals surface area contributed by atoms with Gasteiger partial charge >= 0.3 is 12.3 Å². The molecule has 1 unspecified atom stereocenters. The Bertz CT molecular complexity index is 955. The smallest absolute Gasteiger partial charge is 0.416 e. The van der Waals surface area contributed by atoms with E-state index in [0.717, 1.165) is 12.1 Å². The number of hydrogen-bond donors (Lipinski definition) is 1. The molecule has 2 aromatic rings. The third kappa shape index (κ3) is 4.98. The SMILES string of the molecule is COc1cc(C(F)(F)F)ccc1-c1oc(C(O)C2CN(C(=O)OC(C)(C)C)C2)cc1C. The summed E-state index contributed by atoms with van der Waals surface area (Å²) in [4.78, 5) is 13.6. The summed E-state index contributed by atoms with van der Waals surface area (Å²) in [6, 6.07) is 4.81. The number of hydrogen-bond acceptors (Lipinski definition) is 5. The van der Waals surface area contributed by atoms with Crippen molar-refractivity contribution in [3.63, 3.8) is 0 Å². The third-order valence-corrected chi connectivity index (χ3v) is 5.01. The highest BCUT2D eigenvalue weighted by atomic mass is 19.4. The number of carbonyl (C=O) groups excluding carboxylic acids is 1. The number of carbonyl (C=O) groups is 1. The zero-order valence-electron chi connectivity index (χ0n) is 18.0. The Morgan fingerprint density at radius 2 is 1.87 bits per heavy atom. The zero-order chi connectivity index (χ0) is 23.1. The van der Waals surface area contributed by atoms with Crippen molar-refractivity contribution in [3.05, 3.63) is 41.2 Å². The standard InChI is InChI=1S/C22H26F3NO5/c1-12-8-17(18(27)13-10-26(11-13)20(28)31-21(2,3)4)30-19(12)15-7-6-14(22(23,24)25)9-16(15)29-5/h6-9,13,18,27H,10-11H2,1-5H3. The van der Waals surface area contributed by atoms with Gasteiger partial charge in [0.2, 0.25) is 0 Å². The van der Waals surface area contributed by atoms with Gasteiger partial charge in [0.05, 0.1) is 18.2 Å². The first-order chi connectivity index (χ1) is 14.3. The summed E-state index contributed by atoms with van der Waals surface area (Å²) in [6.45, 7) is 7.70. The molecule has 0 spiro atoms. The fourth-order valence-electron chi connectivity index (χ4n) is 3.40. The van der Waals surface area contributed by atoms with Gasteiger partial charge in [0.15, 0.2) is 0 Å². The Labute approximate surface area is 178 Å². The van der Waals surface area contributed by atoms with E-state index in [2.05, 4.69) is 0 Å². The molecular formula is C22H26F3NO5. The van der Waals surface area contributed by atoms with Crippen LogP contribution < -0.4 is 4.74 Å². The van der Waals surface area contributed by atoms with Crippen LogP contribution in [0.1, 0.15) is 43.8 Å². The van der Waals surface area contributed by atoms with Crippen molar-refractivity contribution >= 4 is 6.09 Å².